The normalized spacial score (nSPS) is 20.7. The van der Waals surface area contributed by atoms with Gasteiger partial charge in [-0.1, -0.05) is 48.5 Å². The minimum Gasteiger partial charge on any atom is -0.314 e. The smallest absolute Gasteiger partial charge is 0.237 e. The number of rotatable bonds is 4. The fourth-order valence-electron chi connectivity index (χ4n) is 3.36. The van der Waals surface area contributed by atoms with Crippen LogP contribution in [0.4, 0.5) is 5.69 Å². The van der Waals surface area contributed by atoms with Crippen LogP contribution >= 0.6 is 0 Å². The Bertz CT molecular complexity index is 650. The Labute approximate surface area is 126 Å². The fraction of sp³-hybridized carbons (Fsp3) is 0.316. The van der Waals surface area contributed by atoms with Crippen LogP contribution in [0.5, 0.6) is 0 Å². The summed E-state index contributed by atoms with van der Waals surface area (Å²) in [6, 6.07) is 18.6. The van der Waals surface area contributed by atoms with Gasteiger partial charge < -0.3 is 4.90 Å². The zero-order chi connectivity index (χ0) is 14.9. The summed E-state index contributed by atoms with van der Waals surface area (Å²) in [7, 11) is 1.88. The number of carbonyl (C=O) groups is 1. The second-order valence-corrected chi connectivity index (χ2v) is 6.05. The monoisotopic (exact) mass is 279 g/mol. The highest BCUT2D eigenvalue weighted by atomic mass is 16.2. The molecule has 0 saturated heterocycles. The van der Waals surface area contributed by atoms with E-state index in [-0.39, 0.29) is 11.3 Å². The predicted octanol–water partition coefficient (Wildman–Crippen LogP) is 3.94. The number of para-hydroxylation sites is 1. The number of anilines is 1. The standard InChI is InChI=1S/C19H21NO/c1-19(14-8-11-15-9-4-3-5-10-15)16-12-6-7-13-17(16)20(2)18(19)21/h3-7,9-10,12-13H,8,11,14H2,1-2H3. The molecule has 2 heteroatoms. The first-order valence-corrected chi connectivity index (χ1v) is 7.54. The molecule has 0 N–H and O–H groups in total. The van der Waals surface area contributed by atoms with Gasteiger partial charge in [-0.3, -0.25) is 4.79 Å². The quantitative estimate of drug-likeness (QED) is 0.830. The van der Waals surface area contributed by atoms with Crippen LogP contribution in [0.25, 0.3) is 0 Å². The molecular formula is C19H21NO. The third-order valence-electron chi connectivity index (χ3n) is 4.62. The fourth-order valence-corrected chi connectivity index (χ4v) is 3.36. The predicted molar refractivity (Wildman–Crippen MR) is 86.6 cm³/mol. The Morgan fingerprint density at radius 2 is 1.67 bits per heavy atom. The van der Waals surface area contributed by atoms with Gasteiger partial charge in [0.25, 0.3) is 0 Å². The highest BCUT2D eigenvalue weighted by Gasteiger charge is 2.44. The van der Waals surface area contributed by atoms with Crippen LogP contribution in [0.15, 0.2) is 54.6 Å². The molecule has 0 aliphatic carbocycles. The number of carbonyl (C=O) groups excluding carboxylic acids is 1. The van der Waals surface area contributed by atoms with Crippen molar-refractivity contribution in [3.8, 4) is 0 Å². The van der Waals surface area contributed by atoms with Crippen molar-refractivity contribution in [2.75, 3.05) is 11.9 Å². The average molecular weight is 279 g/mol. The van der Waals surface area contributed by atoms with Gasteiger partial charge >= 0.3 is 0 Å². The van der Waals surface area contributed by atoms with Crippen molar-refractivity contribution >= 4 is 11.6 Å². The molecule has 0 fully saturated rings. The van der Waals surface area contributed by atoms with E-state index in [1.165, 1.54) is 11.1 Å². The molecular weight excluding hydrogens is 258 g/mol. The molecule has 0 spiro atoms. The van der Waals surface area contributed by atoms with Crippen LogP contribution in [0.1, 0.15) is 30.9 Å². The second kappa shape index (κ2) is 5.36. The summed E-state index contributed by atoms with van der Waals surface area (Å²) in [6.45, 7) is 2.09. The third-order valence-corrected chi connectivity index (χ3v) is 4.62. The Hall–Kier alpha value is -2.09. The SMILES string of the molecule is CN1C(=O)C(C)(CCCc2ccccc2)c2ccccc21. The summed E-state index contributed by atoms with van der Waals surface area (Å²) >= 11 is 0. The van der Waals surface area contributed by atoms with Crippen molar-refractivity contribution in [3.63, 3.8) is 0 Å². The van der Waals surface area contributed by atoms with Gasteiger partial charge in [0.2, 0.25) is 5.91 Å². The molecule has 3 rings (SSSR count). The molecule has 2 aromatic carbocycles. The van der Waals surface area contributed by atoms with Crippen molar-refractivity contribution in [1.29, 1.82) is 0 Å². The number of fused-ring (bicyclic) bond motifs is 1. The zero-order valence-corrected chi connectivity index (χ0v) is 12.7. The van der Waals surface area contributed by atoms with E-state index in [0.29, 0.717) is 0 Å². The van der Waals surface area contributed by atoms with E-state index in [2.05, 4.69) is 37.3 Å². The lowest BCUT2D eigenvalue weighted by atomic mass is 9.79. The summed E-state index contributed by atoms with van der Waals surface area (Å²) in [5, 5.41) is 0. The van der Waals surface area contributed by atoms with Gasteiger partial charge in [0, 0.05) is 12.7 Å². The van der Waals surface area contributed by atoms with Gasteiger partial charge in [-0.05, 0) is 43.4 Å². The minimum absolute atomic E-state index is 0.219. The molecule has 0 bridgehead atoms. The molecule has 1 amide bonds. The van der Waals surface area contributed by atoms with E-state index in [9.17, 15) is 4.79 Å². The van der Waals surface area contributed by atoms with Crippen LogP contribution in [-0.4, -0.2) is 13.0 Å². The van der Waals surface area contributed by atoms with E-state index in [1.54, 1.807) is 4.90 Å². The Morgan fingerprint density at radius 1 is 1.00 bits per heavy atom. The van der Waals surface area contributed by atoms with E-state index >= 15 is 0 Å². The number of aryl methyl sites for hydroxylation is 1. The Morgan fingerprint density at radius 3 is 2.43 bits per heavy atom. The molecule has 2 nitrogen and oxygen atoms in total. The summed E-state index contributed by atoms with van der Waals surface area (Å²) in [4.78, 5) is 14.5. The maximum Gasteiger partial charge on any atom is 0.237 e. The van der Waals surface area contributed by atoms with Gasteiger partial charge in [0.05, 0.1) is 5.41 Å². The first-order chi connectivity index (χ1) is 10.1. The summed E-state index contributed by atoms with van der Waals surface area (Å²) in [5.74, 6) is 0.219. The minimum atomic E-state index is -0.375. The van der Waals surface area contributed by atoms with Crippen LogP contribution in [-0.2, 0) is 16.6 Å². The molecule has 1 unspecified atom stereocenters. The van der Waals surface area contributed by atoms with E-state index in [4.69, 9.17) is 0 Å². The molecule has 21 heavy (non-hydrogen) atoms. The van der Waals surface area contributed by atoms with E-state index < -0.39 is 0 Å². The van der Waals surface area contributed by atoms with Crippen LogP contribution < -0.4 is 4.90 Å². The van der Waals surface area contributed by atoms with Crippen molar-refractivity contribution in [3.05, 3.63) is 65.7 Å². The largest absolute Gasteiger partial charge is 0.314 e. The highest BCUT2D eigenvalue weighted by molar-refractivity contribution is 6.07. The van der Waals surface area contributed by atoms with E-state index in [1.807, 2.05) is 31.3 Å². The van der Waals surface area contributed by atoms with Gasteiger partial charge in [0.15, 0.2) is 0 Å². The molecule has 1 heterocycles. The number of hydrogen-bond donors (Lipinski definition) is 0. The number of hydrogen-bond acceptors (Lipinski definition) is 1. The van der Waals surface area contributed by atoms with Crippen molar-refractivity contribution in [2.24, 2.45) is 0 Å². The maximum absolute atomic E-state index is 12.7. The molecule has 0 aromatic heterocycles. The first-order valence-electron chi connectivity index (χ1n) is 7.54. The van der Waals surface area contributed by atoms with Gasteiger partial charge in [-0.25, -0.2) is 0 Å². The Balaban J connectivity index is 1.76. The molecule has 1 atom stereocenters. The average Bonchev–Trinajstić information content (AvgIpc) is 2.71. The topological polar surface area (TPSA) is 20.3 Å². The zero-order valence-electron chi connectivity index (χ0n) is 12.7. The summed E-state index contributed by atoms with van der Waals surface area (Å²) in [5.41, 5.74) is 3.20. The molecule has 1 aliphatic rings. The highest BCUT2D eigenvalue weighted by Crippen LogP contribution is 2.43. The number of likely N-dealkylation sites (N-methyl/N-ethyl adjacent to an activating group) is 1. The van der Waals surface area contributed by atoms with Crippen molar-refractivity contribution in [1.82, 2.24) is 0 Å². The summed E-state index contributed by atoms with van der Waals surface area (Å²) < 4.78 is 0. The van der Waals surface area contributed by atoms with Gasteiger partial charge in [-0.2, -0.15) is 0 Å². The lowest BCUT2D eigenvalue weighted by Crippen LogP contribution is -2.36. The third kappa shape index (κ3) is 2.35. The molecule has 2 aromatic rings. The van der Waals surface area contributed by atoms with Crippen LogP contribution in [0, 0.1) is 0 Å². The Kier molecular flexibility index (Phi) is 3.54. The second-order valence-electron chi connectivity index (χ2n) is 6.05. The van der Waals surface area contributed by atoms with Gasteiger partial charge in [0.1, 0.15) is 0 Å². The number of benzene rings is 2. The van der Waals surface area contributed by atoms with Crippen LogP contribution in [0.3, 0.4) is 0 Å². The van der Waals surface area contributed by atoms with Crippen LogP contribution in [0.2, 0.25) is 0 Å². The van der Waals surface area contributed by atoms with Gasteiger partial charge in [-0.15, -0.1) is 0 Å². The summed E-state index contributed by atoms with van der Waals surface area (Å²) in [6.07, 6.45) is 2.94. The van der Waals surface area contributed by atoms with E-state index in [0.717, 1.165) is 24.9 Å². The molecule has 108 valence electrons. The lowest BCUT2D eigenvalue weighted by Gasteiger charge is -2.23. The van der Waals surface area contributed by atoms with Crippen molar-refractivity contribution < 1.29 is 4.79 Å². The molecule has 0 radical (unpaired) electrons. The number of nitrogens with zero attached hydrogens (tertiary/aromatic N) is 1. The maximum atomic E-state index is 12.7. The molecule has 0 saturated carbocycles. The first kappa shape index (κ1) is 13.9. The molecule has 1 aliphatic heterocycles. The number of amides is 1. The lowest BCUT2D eigenvalue weighted by molar-refractivity contribution is -0.122. The van der Waals surface area contributed by atoms with Crippen molar-refractivity contribution in [2.45, 2.75) is 31.6 Å².